The van der Waals surface area contributed by atoms with Crippen LogP contribution in [0.2, 0.25) is 0 Å². The quantitative estimate of drug-likeness (QED) is 0.514. The van der Waals surface area contributed by atoms with Gasteiger partial charge in [0.15, 0.2) is 0 Å². The number of likely N-dealkylation sites (tertiary alicyclic amines) is 1. The van der Waals surface area contributed by atoms with E-state index in [2.05, 4.69) is 0 Å². The Balaban J connectivity index is 2.42. The molecule has 1 aliphatic rings. The van der Waals surface area contributed by atoms with Gasteiger partial charge in [0.2, 0.25) is 11.8 Å². The molecule has 1 heterocycles. The summed E-state index contributed by atoms with van der Waals surface area (Å²) in [5.74, 6) is -0.839. The van der Waals surface area contributed by atoms with Crippen LogP contribution >= 0.6 is 0 Å². The number of carbonyl (C=O) groups is 2. The maximum atomic E-state index is 11.7. The van der Waals surface area contributed by atoms with Gasteiger partial charge < -0.3 is 21.5 Å². The standard InChI is InChI=1S/C9H17N3O3/c10-7(5-8(11)14)9(15)12-3-1-6(13)2-4-12/h6-7,13H,1-5,10H2,(H2,11,14). The predicted molar refractivity (Wildman–Crippen MR) is 53.6 cm³/mol. The molecule has 0 bridgehead atoms. The molecule has 15 heavy (non-hydrogen) atoms. The molecule has 6 heteroatoms. The van der Waals surface area contributed by atoms with Crippen molar-refractivity contribution in [2.75, 3.05) is 13.1 Å². The first kappa shape index (κ1) is 11.9. The predicted octanol–water partition coefficient (Wildman–Crippen LogP) is -1.83. The molecule has 0 aromatic carbocycles. The Labute approximate surface area is 88.2 Å². The van der Waals surface area contributed by atoms with Gasteiger partial charge in [0.1, 0.15) is 0 Å². The van der Waals surface area contributed by atoms with Crippen molar-refractivity contribution in [3.05, 3.63) is 0 Å². The summed E-state index contributed by atoms with van der Waals surface area (Å²) in [4.78, 5) is 23.8. The van der Waals surface area contributed by atoms with E-state index in [1.807, 2.05) is 0 Å². The molecule has 0 aromatic heterocycles. The molecule has 0 aliphatic carbocycles. The molecule has 0 saturated carbocycles. The van der Waals surface area contributed by atoms with E-state index in [0.717, 1.165) is 0 Å². The van der Waals surface area contributed by atoms with Crippen LogP contribution in [0.3, 0.4) is 0 Å². The lowest BCUT2D eigenvalue weighted by atomic mass is 10.1. The number of hydrogen-bond donors (Lipinski definition) is 3. The molecule has 6 nitrogen and oxygen atoms in total. The number of carbonyl (C=O) groups excluding carboxylic acids is 2. The molecule has 0 aromatic rings. The van der Waals surface area contributed by atoms with E-state index in [9.17, 15) is 14.7 Å². The van der Waals surface area contributed by atoms with Gasteiger partial charge in [-0.25, -0.2) is 0 Å². The molecule has 1 fully saturated rings. The number of piperidine rings is 1. The zero-order chi connectivity index (χ0) is 11.4. The van der Waals surface area contributed by atoms with Gasteiger partial charge in [-0.1, -0.05) is 0 Å². The summed E-state index contributed by atoms with van der Waals surface area (Å²) < 4.78 is 0. The third-order valence-electron chi connectivity index (χ3n) is 2.51. The van der Waals surface area contributed by atoms with Gasteiger partial charge in [-0.2, -0.15) is 0 Å². The van der Waals surface area contributed by atoms with Gasteiger partial charge in [-0.05, 0) is 12.8 Å². The van der Waals surface area contributed by atoms with Gasteiger partial charge in [-0.3, -0.25) is 9.59 Å². The highest BCUT2D eigenvalue weighted by molar-refractivity contribution is 5.87. The van der Waals surface area contributed by atoms with Crippen molar-refractivity contribution in [3.63, 3.8) is 0 Å². The van der Waals surface area contributed by atoms with E-state index >= 15 is 0 Å². The zero-order valence-corrected chi connectivity index (χ0v) is 8.56. The fraction of sp³-hybridized carbons (Fsp3) is 0.778. The molecule has 1 unspecified atom stereocenters. The van der Waals surface area contributed by atoms with Gasteiger partial charge in [-0.15, -0.1) is 0 Å². The Hall–Kier alpha value is -1.14. The summed E-state index contributed by atoms with van der Waals surface area (Å²) >= 11 is 0. The molecule has 5 N–H and O–H groups in total. The SMILES string of the molecule is NC(=O)CC(N)C(=O)N1CCC(O)CC1. The minimum absolute atomic E-state index is 0.127. The Morgan fingerprint density at radius 1 is 1.40 bits per heavy atom. The highest BCUT2D eigenvalue weighted by atomic mass is 16.3. The van der Waals surface area contributed by atoms with Crippen molar-refractivity contribution in [2.24, 2.45) is 11.5 Å². The van der Waals surface area contributed by atoms with E-state index in [1.165, 1.54) is 0 Å². The molecular formula is C9H17N3O3. The molecular weight excluding hydrogens is 198 g/mol. The minimum Gasteiger partial charge on any atom is -0.393 e. The van der Waals surface area contributed by atoms with Gasteiger partial charge in [0, 0.05) is 13.1 Å². The van der Waals surface area contributed by atoms with Crippen molar-refractivity contribution >= 4 is 11.8 Å². The molecule has 1 rings (SSSR count). The second kappa shape index (κ2) is 5.09. The number of hydrogen-bond acceptors (Lipinski definition) is 4. The second-order valence-corrected chi connectivity index (χ2v) is 3.83. The Morgan fingerprint density at radius 3 is 2.40 bits per heavy atom. The molecule has 1 atom stereocenters. The summed E-state index contributed by atoms with van der Waals surface area (Å²) in [6, 6.07) is -0.849. The molecule has 0 radical (unpaired) electrons. The van der Waals surface area contributed by atoms with E-state index in [1.54, 1.807) is 4.90 Å². The third kappa shape index (κ3) is 3.49. The average Bonchev–Trinajstić information content (AvgIpc) is 2.17. The largest absolute Gasteiger partial charge is 0.393 e. The zero-order valence-electron chi connectivity index (χ0n) is 8.56. The topological polar surface area (TPSA) is 110 Å². The smallest absolute Gasteiger partial charge is 0.240 e. The van der Waals surface area contributed by atoms with Crippen LogP contribution in [0.4, 0.5) is 0 Å². The summed E-state index contributed by atoms with van der Waals surface area (Å²) in [7, 11) is 0. The first-order valence-corrected chi connectivity index (χ1v) is 5.01. The number of aliphatic hydroxyl groups is 1. The van der Waals surface area contributed by atoms with Crippen molar-refractivity contribution in [1.29, 1.82) is 0 Å². The molecule has 0 spiro atoms. The van der Waals surface area contributed by atoms with Crippen LogP contribution in [0.5, 0.6) is 0 Å². The summed E-state index contributed by atoms with van der Waals surface area (Å²) in [6.45, 7) is 0.985. The number of nitrogens with zero attached hydrogens (tertiary/aromatic N) is 1. The summed E-state index contributed by atoms with van der Waals surface area (Å²) in [5, 5.41) is 9.25. The van der Waals surface area contributed by atoms with Crippen molar-refractivity contribution in [3.8, 4) is 0 Å². The Kier molecular flexibility index (Phi) is 4.05. The van der Waals surface area contributed by atoms with Crippen LogP contribution < -0.4 is 11.5 Å². The van der Waals surface area contributed by atoms with Crippen LogP contribution in [0, 0.1) is 0 Å². The highest BCUT2D eigenvalue weighted by Crippen LogP contribution is 2.11. The average molecular weight is 215 g/mol. The molecule has 1 saturated heterocycles. The fourth-order valence-electron chi connectivity index (χ4n) is 1.62. The van der Waals surface area contributed by atoms with Gasteiger partial charge >= 0.3 is 0 Å². The van der Waals surface area contributed by atoms with Crippen LogP contribution in [0.25, 0.3) is 0 Å². The van der Waals surface area contributed by atoms with E-state index in [4.69, 9.17) is 11.5 Å². The first-order chi connectivity index (χ1) is 7.00. The first-order valence-electron chi connectivity index (χ1n) is 5.01. The summed E-state index contributed by atoms with van der Waals surface area (Å²) in [5.41, 5.74) is 10.5. The monoisotopic (exact) mass is 215 g/mol. The number of primary amides is 1. The minimum atomic E-state index is -0.849. The van der Waals surface area contributed by atoms with Crippen LogP contribution in [0.1, 0.15) is 19.3 Å². The third-order valence-corrected chi connectivity index (χ3v) is 2.51. The summed E-state index contributed by atoms with van der Waals surface area (Å²) in [6.07, 6.45) is 0.670. The van der Waals surface area contributed by atoms with Crippen molar-refractivity contribution in [1.82, 2.24) is 4.90 Å². The van der Waals surface area contributed by atoms with E-state index in [0.29, 0.717) is 25.9 Å². The lowest BCUT2D eigenvalue weighted by Crippen LogP contribution is -2.49. The van der Waals surface area contributed by atoms with Gasteiger partial charge in [0.05, 0.1) is 18.6 Å². The van der Waals surface area contributed by atoms with Crippen molar-refractivity contribution < 1.29 is 14.7 Å². The van der Waals surface area contributed by atoms with Crippen LogP contribution in [-0.2, 0) is 9.59 Å². The number of rotatable bonds is 3. The van der Waals surface area contributed by atoms with Crippen molar-refractivity contribution in [2.45, 2.75) is 31.4 Å². The Morgan fingerprint density at radius 2 is 1.93 bits per heavy atom. The lowest BCUT2D eigenvalue weighted by molar-refractivity contribution is -0.136. The maximum absolute atomic E-state index is 11.7. The Bertz CT molecular complexity index is 249. The number of nitrogens with two attached hydrogens (primary N) is 2. The van der Waals surface area contributed by atoms with E-state index < -0.39 is 11.9 Å². The van der Waals surface area contributed by atoms with Crippen LogP contribution in [-0.4, -0.2) is 47.1 Å². The maximum Gasteiger partial charge on any atom is 0.240 e. The molecule has 2 amide bonds. The number of amides is 2. The molecule has 1 aliphatic heterocycles. The van der Waals surface area contributed by atoms with Crippen LogP contribution in [0.15, 0.2) is 0 Å². The molecule has 86 valence electrons. The lowest BCUT2D eigenvalue weighted by Gasteiger charge is -2.31. The fourth-order valence-corrected chi connectivity index (χ4v) is 1.62. The van der Waals surface area contributed by atoms with E-state index in [-0.39, 0.29) is 18.4 Å². The number of aliphatic hydroxyl groups excluding tert-OH is 1. The van der Waals surface area contributed by atoms with Gasteiger partial charge in [0.25, 0.3) is 0 Å². The highest BCUT2D eigenvalue weighted by Gasteiger charge is 2.26. The normalized spacial score (nSPS) is 20.0. The second-order valence-electron chi connectivity index (χ2n) is 3.83.